The van der Waals surface area contributed by atoms with Gasteiger partial charge in [-0.1, -0.05) is 30.3 Å². The van der Waals surface area contributed by atoms with E-state index in [9.17, 15) is 18.5 Å². The Morgan fingerprint density at radius 2 is 1.75 bits per heavy atom. The second kappa shape index (κ2) is 9.82. The first-order valence-electron chi connectivity index (χ1n) is 11.9. The summed E-state index contributed by atoms with van der Waals surface area (Å²) in [6.45, 7) is 2.20. The Morgan fingerprint density at radius 3 is 2.44 bits per heavy atom. The highest BCUT2D eigenvalue weighted by Crippen LogP contribution is 2.38. The van der Waals surface area contributed by atoms with Gasteiger partial charge in [-0.2, -0.15) is 0 Å². The molecule has 36 heavy (non-hydrogen) atoms. The Bertz CT molecular complexity index is 1350. The molecule has 2 aromatic carbocycles. The van der Waals surface area contributed by atoms with Gasteiger partial charge in [0, 0.05) is 43.7 Å². The minimum absolute atomic E-state index is 0.0765. The summed E-state index contributed by atoms with van der Waals surface area (Å²) in [5.74, 6) is 0.380. The van der Waals surface area contributed by atoms with Crippen LogP contribution in [0.3, 0.4) is 0 Å². The number of anilines is 3. The molecule has 0 saturated carbocycles. The molecule has 0 radical (unpaired) electrons. The van der Waals surface area contributed by atoms with Crippen LogP contribution in [0.5, 0.6) is 0 Å². The van der Waals surface area contributed by atoms with E-state index in [1.807, 2.05) is 11.0 Å². The number of nitro groups is 1. The molecular weight excluding hydrogens is 480 g/mol. The molecule has 2 bridgehead atoms. The molecule has 0 amide bonds. The fraction of sp³-hybridized carbons (Fsp3) is 0.360. The third kappa shape index (κ3) is 5.02. The van der Waals surface area contributed by atoms with Crippen molar-refractivity contribution in [1.82, 2.24) is 14.9 Å². The van der Waals surface area contributed by atoms with Crippen molar-refractivity contribution in [2.45, 2.75) is 42.8 Å². The first-order chi connectivity index (χ1) is 17.3. The van der Waals surface area contributed by atoms with Crippen LogP contribution in [0.1, 0.15) is 24.8 Å². The van der Waals surface area contributed by atoms with E-state index in [4.69, 9.17) is 0 Å². The fourth-order valence-corrected chi connectivity index (χ4v) is 5.83. The Labute approximate surface area is 210 Å². The fourth-order valence-electron chi connectivity index (χ4n) is 5.20. The summed E-state index contributed by atoms with van der Waals surface area (Å²) < 4.78 is 23.5. The van der Waals surface area contributed by atoms with Gasteiger partial charge in [-0.25, -0.2) is 18.4 Å². The van der Waals surface area contributed by atoms with Crippen molar-refractivity contribution in [3.63, 3.8) is 0 Å². The first-order valence-corrected chi connectivity index (χ1v) is 13.8. The van der Waals surface area contributed by atoms with Gasteiger partial charge in [-0.3, -0.25) is 15.0 Å². The first kappa shape index (κ1) is 24.1. The van der Waals surface area contributed by atoms with E-state index in [1.54, 1.807) is 12.1 Å². The highest BCUT2D eigenvalue weighted by Gasteiger charge is 2.39. The molecule has 1 N–H and O–H groups in total. The second-order valence-electron chi connectivity index (χ2n) is 9.35. The largest absolute Gasteiger partial charge is 0.353 e. The molecule has 2 atom stereocenters. The molecule has 188 valence electrons. The smallest absolute Gasteiger partial charge is 0.349 e. The molecule has 2 aliphatic heterocycles. The molecule has 0 spiro atoms. The van der Waals surface area contributed by atoms with Gasteiger partial charge in [-0.15, -0.1) is 0 Å². The van der Waals surface area contributed by atoms with E-state index < -0.39 is 14.8 Å². The number of sulfone groups is 1. The molecule has 2 unspecified atom stereocenters. The highest BCUT2D eigenvalue weighted by atomic mass is 32.2. The predicted molar refractivity (Wildman–Crippen MR) is 137 cm³/mol. The number of fused-ring (bicyclic) bond motifs is 2. The van der Waals surface area contributed by atoms with Crippen LogP contribution in [0.25, 0.3) is 0 Å². The van der Waals surface area contributed by atoms with Crippen LogP contribution in [0.15, 0.2) is 65.8 Å². The summed E-state index contributed by atoms with van der Waals surface area (Å²) in [6.07, 6.45) is 5.55. The zero-order valence-electron chi connectivity index (χ0n) is 19.9. The average molecular weight is 509 g/mol. The minimum Gasteiger partial charge on any atom is -0.349 e. The van der Waals surface area contributed by atoms with E-state index in [2.05, 4.69) is 44.5 Å². The van der Waals surface area contributed by atoms with Crippen LogP contribution < -0.4 is 10.2 Å². The van der Waals surface area contributed by atoms with E-state index in [0.717, 1.165) is 32.1 Å². The molecule has 2 saturated heterocycles. The lowest BCUT2D eigenvalue weighted by Crippen LogP contribution is -2.39. The number of hydrogen-bond acceptors (Lipinski definition) is 9. The molecule has 3 aromatic rings. The lowest BCUT2D eigenvalue weighted by Gasteiger charge is -2.29. The Balaban J connectivity index is 1.40. The topological polar surface area (TPSA) is 122 Å². The van der Waals surface area contributed by atoms with Gasteiger partial charge >= 0.3 is 5.69 Å². The Hall–Kier alpha value is -3.57. The third-order valence-electron chi connectivity index (χ3n) is 6.97. The lowest BCUT2D eigenvalue weighted by atomic mass is 10.1. The van der Waals surface area contributed by atoms with Crippen LogP contribution in [-0.2, 0) is 16.4 Å². The monoisotopic (exact) mass is 508 g/mol. The predicted octanol–water partition coefficient (Wildman–Crippen LogP) is 3.78. The molecule has 0 aliphatic carbocycles. The lowest BCUT2D eigenvalue weighted by molar-refractivity contribution is -0.383. The van der Waals surface area contributed by atoms with Crippen LogP contribution >= 0.6 is 0 Å². The maximum atomic E-state index is 12.2. The second-order valence-corrected chi connectivity index (χ2v) is 11.4. The van der Waals surface area contributed by atoms with Crippen molar-refractivity contribution in [2.75, 3.05) is 29.6 Å². The summed E-state index contributed by atoms with van der Waals surface area (Å²) in [6, 6.07) is 17.2. The van der Waals surface area contributed by atoms with E-state index in [0.29, 0.717) is 30.6 Å². The van der Waals surface area contributed by atoms with E-state index >= 15 is 0 Å². The van der Waals surface area contributed by atoms with Gasteiger partial charge in [0.1, 0.15) is 6.33 Å². The zero-order chi connectivity index (χ0) is 25.3. The summed E-state index contributed by atoms with van der Waals surface area (Å²) in [5, 5.41) is 15.2. The summed E-state index contributed by atoms with van der Waals surface area (Å²) in [5.41, 5.74) is 1.58. The number of benzene rings is 2. The number of nitrogens with zero attached hydrogens (tertiary/aromatic N) is 5. The maximum absolute atomic E-state index is 12.2. The highest BCUT2D eigenvalue weighted by molar-refractivity contribution is 7.90. The van der Waals surface area contributed by atoms with E-state index in [1.165, 1.54) is 24.0 Å². The summed E-state index contributed by atoms with van der Waals surface area (Å²) in [4.78, 5) is 24.9. The number of nitrogens with one attached hydrogen (secondary N) is 1. The standard InChI is InChI=1S/C25H28N6O4S/c1-36(34,35)22-11-7-19(8-12-22)28-24-23(31(32)33)25(27-17-26-24)29-14-13-20-9-10-21(16-29)30(20)15-18-5-3-2-4-6-18/h2-8,11-12,17,20-21H,9-10,13-16H2,1H3,(H,26,27,28). The van der Waals surface area contributed by atoms with Gasteiger partial charge in [0.15, 0.2) is 9.84 Å². The van der Waals surface area contributed by atoms with Crippen molar-refractivity contribution in [2.24, 2.45) is 0 Å². The molecule has 1 aromatic heterocycles. The number of rotatable bonds is 7. The maximum Gasteiger partial charge on any atom is 0.353 e. The van der Waals surface area contributed by atoms with Crippen LogP contribution in [0.4, 0.5) is 23.0 Å². The summed E-state index contributed by atoms with van der Waals surface area (Å²) >= 11 is 0. The van der Waals surface area contributed by atoms with Crippen molar-refractivity contribution in [1.29, 1.82) is 0 Å². The molecule has 11 heteroatoms. The van der Waals surface area contributed by atoms with Gasteiger partial charge < -0.3 is 10.2 Å². The molecule has 5 rings (SSSR count). The molecule has 10 nitrogen and oxygen atoms in total. The average Bonchev–Trinajstić information content (AvgIpc) is 3.12. The molecule has 3 heterocycles. The van der Waals surface area contributed by atoms with Crippen LogP contribution in [0, 0.1) is 10.1 Å². The Kier molecular flexibility index (Phi) is 6.59. The van der Waals surface area contributed by atoms with Crippen LogP contribution in [-0.4, -0.2) is 59.6 Å². The van der Waals surface area contributed by atoms with E-state index in [-0.39, 0.29) is 22.4 Å². The van der Waals surface area contributed by atoms with Crippen LogP contribution in [0.2, 0.25) is 0 Å². The van der Waals surface area contributed by atoms with Gasteiger partial charge in [-0.05, 0) is 49.1 Å². The number of hydrogen-bond donors (Lipinski definition) is 1. The third-order valence-corrected chi connectivity index (χ3v) is 8.10. The zero-order valence-corrected chi connectivity index (χ0v) is 20.8. The molecular formula is C25H28N6O4S. The normalized spacial score (nSPS) is 20.2. The quantitative estimate of drug-likeness (QED) is 0.375. The molecule has 2 fully saturated rings. The SMILES string of the molecule is CS(=O)(=O)c1ccc(Nc2ncnc(N3CCC4CCC(C3)N4Cc3ccccc3)c2[N+](=O)[O-])cc1. The van der Waals surface area contributed by atoms with Crippen molar-refractivity contribution in [3.05, 3.63) is 76.6 Å². The Morgan fingerprint density at radius 1 is 1.03 bits per heavy atom. The van der Waals surface area contributed by atoms with Crippen molar-refractivity contribution < 1.29 is 13.3 Å². The van der Waals surface area contributed by atoms with Crippen molar-refractivity contribution in [3.8, 4) is 0 Å². The number of aromatic nitrogens is 2. The van der Waals surface area contributed by atoms with Gasteiger partial charge in [0.05, 0.1) is 9.82 Å². The molecule has 2 aliphatic rings. The van der Waals surface area contributed by atoms with Gasteiger partial charge in [0.25, 0.3) is 0 Å². The van der Waals surface area contributed by atoms with Gasteiger partial charge in [0.2, 0.25) is 11.6 Å². The van der Waals surface area contributed by atoms with Crippen molar-refractivity contribution >= 4 is 32.8 Å². The minimum atomic E-state index is -3.34. The summed E-state index contributed by atoms with van der Waals surface area (Å²) in [7, 11) is -3.34.